The minimum absolute atomic E-state index is 0.922. The molecule has 548 valence electrons. The summed E-state index contributed by atoms with van der Waals surface area (Å²) in [6.07, 6.45) is -74.9. The lowest BCUT2D eigenvalue weighted by molar-refractivity contribution is -0.405. The predicted octanol–water partition coefficient (Wildman–Crippen LogP) is -17.5. The van der Waals surface area contributed by atoms with Crippen molar-refractivity contribution in [3.8, 4) is 0 Å². The van der Waals surface area contributed by atoms with Crippen LogP contribution in [0.25, 0.3) is 0 Å². The van der Waals surface area contributed by atoms with E-state index in [0.29, 0.717) is 0 Å². The Hall–Kier alpha value is -2.58. The number of aliphatic hydroxyl groups is 24. The van der Waals surface area contributed by atoms with Crippen LogP contribution in [0, 0.1) is 0 Å². The molecule has 0 unspecified atom stereocenters. The molecular weight excluding hydrogens is 1290 g/mol. The van der Waals surface area contributed by atoms with Gasteiger partial charge in [-0.1, -0.05) is 0 Å². The Morgan fingerprint density at radius 3 is 1.11 bits per heavy atom. The van der Waals surface area contributed by atoms with Crippen LogP contribution in [0.5, 0.6) is 0 Å². The van der Waals surface area contributed by atoms with Crippen LogP contribution in [0.15, 0.2) is 0 Å². The van der Waals surface area contributed by atoms with Crippen molar-refractivity contribution in [2.45, 2.75) is 260 Å². The number of ether oxygens (including phenoxy) is 14. The summed E-state index contributed by atoms with van der Waals surface area (Å²) < 4.78 is 81.7. The highest BCUT2D eigenvalue weighted by molar-refractivity contribution is 5.73. The molecule has 0 aromatic carbocycles. The number of aliphatic hydroxyl groups excluding tert-OH is 24. The highest BCUT2D eigenvalue weighted by Gasteiger charge is 2.60. The van der Waals surface area contributed by atoms with Crippen LogP contribution in [-0.2, 0) is 75.9 Å². The summed E-state index contributed by atoms with van der Waals surface area (Å²) in [5.41, 5.74) is 0. The molecule has 0 radical (unpaired) electrons. The minimum Gasteiger partial charge on any atom is -0.394 e. The molecule has 2 amide bonds. The molecule has 0 spiro atoms. The zero-order valence-electron chi connectivity index (χ0n) is 50.4. The third kappa shape index (κ3) is 17.2. The van der Waals surface area contributed by atoms with Crippen LogP contribution >= 0.6 is 0 Å². The Bertz CT molecular complexity index is 2320. The molecule has 39 atom stereocenters. The van der Waals surface area contributed by atoms with Crippen molar-refractivity contribution in [2.75, 3.05) is 52.9 Å². The Morgan fingerprint density at radius 1 is 0.340 bits per heavy atom. The molecule has 42 heteroatoms. The van der Waals surface area contributed by atoms with E-state index in [0.717, 1.165) is 13.8 Å². The topological polar surface area (TPSA) is 673 Å². The summed E-state index contributed by atoms with van der Waals surface area (Å²) in [5, 5.41) is 264. The fourth-order valence-electron chi connectivity index (χ4n) is 11.8. The molecular formula is C52H90N2O40. The molecule has 7 fully saturated rings. The lowest BCUT2D eigenvalue weighted by atomic mass is 9.93. The first-order valence-electron chi connectivity index (χ1n) is 29.9. The second-order valence-electron chi connectivity index (χ2n) is 23.6. The van der Waals surface area contributed by atoms with Gasteiger partial charge in [0.15, 0.2) is 44.0 Å². The number of carbonyl (C=O) groups excluding carboxylic acids is 2. The van der Waals surface area contributed by atoms with Crippen LogP contribution in [-0.4, -0.2) is 426 Å². The summed E-state index contributed by atoms with van der Waals surface area (Å²) in [6, 6.07) is -3.84. The zero-order chi connectivity index (χ0) is 69.6. The summed E-state index contributed by atoms with van der Waals surface area (Å²) in [4.78, 5) is 25.7. The van der Waals surface area contributed by atoms with Crippen LogP contribution in [0.4, 0.5) is 0 Å². The third-order valence-corrected chi connectivity index (χ3v) is 17.1. The monoisotopic (exact) mass is 1380 g/mol. The summed E-state index contributed by atoms with van der Waals surface area (Å²) >= 11 is 0. The van der Waals surface area contributed by atoms with Gasteiger partial charge in [-0.2, -0.15) is 0 Å². The van der Waals surface area contributed by atoms with Gasteiger partial charge in [-0.3, -0.25) is 9.59 Å². The van der Waals surface area contributed by atoms with Crippen molar-refractivity contribution in [3.63, 3.8) is 0 Å². The van der Waals surface area contributed by atoms with E-state index in [-0.39, 0.29) is 0 Å². The molecule has 7 rings (SSSR count). The van der Waals surface area contributed by atoms with Gasteiger partial charge >= 0.3 is 0 Å². The Kier molecular flexibility index (Phi) is 29.0. The van der Waals surface area contributed by atoms with E-state index in [4.69, 9.17) is 66.3 Å². The van der Waals surface area contributed by atoms with E-state index in [1.54, 1.807) is 0 Å². The summed E-state index contributed by atoms with van der Waals surface area (Å²) in [5.74, 6) is -1.87. The molecule has 0 aromatic rings. The molecule has 0 aliphatic carbocycles. The normalized spacial score (nSPS) is 47.7. The van der Waals surface area contributed by atoms with E-state index < -0.39 is 304 Å². The Balaban J connectivity index is 1.14. The second kappa shape index (κ2) is 34.7. The molecule has 94 heavy (non-hydrogen) atoms. The first kappa shape index (κ1) is 78.8. The fourth-order valence-corrected chi connectivity index (χ4v) is 11.8. The number of hydrogen-bond donors (Lipinski definition) is 26. The zero-order valence-corrected chi connectivity index (χ0v) is 50.4. The molecule has 7 aliphatic rings. The van der Waals surface area contributed by atoms with Crippen molar-refractivity contribution in [1.82, 2.24) is 10.6 Å². The lowest BCUT2D eigenvalue weighted by Gasteiger charge is -2.51. The van der Waals surface area contributed by atoms with Crippen molar-refractivity contribution < 1.29 is 198 Å². The van der Waals surface area contributed by atoms with Crippen molar-refractivity contribution >= 4 is 11.8 Å². The highest BCUT2D eigenvalue weighted by Crippen LogP contribution is 2.39. The van der Waals surface area contributed by atoms with Gasteiger partial charge in [-0.25, -0.2) is 0 Å². The largest absolute Gasteiger partial charge is 0.394 e. The van der Waals surface area contributed by atoms with Crippen molar-refractivity contribution in [2.24, 2.45) is 0 Å². The molecule has 7 heterocycles. The number of hydrogen-bond acceptors (Lipinski definition) is 40. The maximum Gasteiger partial charge on any atom is 0.217 e. The first-order chi connectivity index (χ1) is 44.4. The van der Waals surface area contributed by atoms with Crippen LogP contribution < -0.4 is 10.6 Å². The van der Waals surface area contributed by atoms with E-state index in [2.05, 4.69) is 10.6 Å². The van der Waals surface area contributed by atoms with E-state index in [9.17, 15) is 132 Å². The van der Waals surface area contributed by atoms with Gasteiger partial charge < -0.3 is 200 Å². The van der Waals surface area contributed by atoms with Gasteiger partial charge in [0.25, 0.3) is 0 Å². The average molecular weight is 1380 g/mol. The van der Waals surface area contributed by atoms with Gasteiger partial charge in [0.05, 0.1) is 59.0 Å². The van der Waals surface area contributed by atoms with E-state index in [1.165, 1.54) is 6.92 Å². The Morgan fingerprint density at radius 2 is 0.670 bits per heavy atom. The molecule has 0 aromatic heterocycles. The maximum atomic E-state index is 13.0. The summed E-state index contributed by atoms with van der Waals surface area (Å²) in [7, 11) is 0. The number of rotatable bonds is 27. The van der Waals surface area contributed by atoms with Gasteiger partial charge in [0.1, 0.15) is 189 Å². The minimum atomic E-state index is -2.35. The van der Waals surface area contributed by atoms with Crippen molar-refractivity contribution in [3.05, 3.63) is 0 Å². The van der Waals surface area contributed by atoms with Gasteiger partial charge in [0.2, 0.25) is 11.8 Å². The lowest BCUT2D eigenvalue weighted by Crippen LogP contribution is -2.71. The molecule has 26 N–H and O–H groups in total. The van der Waals surface area contributed by atoms with Crippen LogP contribution in [0.3, 0.4) is 0 Å². The Labute approximate surface area is 532 Å². The van der Waals surface area contributed by atoms with E-state index in [1.807, 2.05) is 0 Å². The molecule has 0 saturated carbocycles. The number of carbonyl (C=O) groups is 2. The number of amides is 2. The van der Waals surface area contributed by atoms with E-state index >= 15 is 0 Å². The SMILES string of the molecule is CC(=O)N[C@H]1[C@H](O[C@H]2[C@@H](O)[C@@H](CO)O[C@@H](O[C@@H]([C@H](O)[C@@H](O)CO)[C@H](O)CO)[C@@H]2O)O[C@H](CO)[C@@H](O[C@@H]2O[C@H](CO)[C@H](O)[C@H](O[C@@H]3O[C@H](CO)[C@@H](O[C@@H]4O[C@H](CO)[C@H](O)[C@H](O[C@H]5O[C@H](CO)[C@H](O)[C@H](O)[C@H]5O)[C@H]4O[C@@H]4O[C@@H](C)[C@@H](O)[C@@H](O)[C@@H]4O)[C@H](O)[C@H]3NC(C)=O)[C@H]2O)[C@@H]1O. The molecule has 7 aliphatic heterocycles. The van der Waals surface area contributed by atoms with Crippen molar-refractivity contribution in [1.29, 1.82) is 0 Å². The van der Waals surface area contributed by atoms with Gasteiger partial charge in [-0.15, -0.1) is 0 Å². The average Bonchev–Trinajstić information content (AvgIpc) is 0.777. The smallest absolute Gasteiger partial charge is 0.217 e. The van der Waals surface area contributed by atoms with Crippen LogP contribution in [0.1, 0.15) is 20.8 Å². The highest BCUT2D eigenvalue weighted by atomic mass is 16.8. The number of nitrogens with one attached hydrogen (secondary N) is 2. The quantitative estimate of drug-likeness (QED) is 0.0363. The van der Waals surface area contributed by atoms with Gasteiger partial charge in [-0.05, 0) is 6.92 Å². The molecule has 0 bridgehead atoms. The fraction of sp³-hybridized carbons (Fsp3) is 0.962. The summed E-state index contributed by atoms with van der Waals surface area (Å²) in [6.45, 7) is -5.61. The maximum absolute atomic E-state index is 13.0. The third-order valence-electron chi connectivity index (χ3n) is 17.1. The molecule has 7 saturated heterocycles. The standard InChI is InChI=1S/C52H90N2O40/c1-12-25(67)33(75)35(77)48(81-12)94-45-44(93-49-36(78)34(76)27(69)17(6-57)82-49)30(72)20(9-60)85-52(45)90-41-22(11-62)87-47(24(32(41)74)54-14(3)64)92-43-29(71)19(8-59)84-51(38(43)80)89-40-21(10-61)86-46(23(31(40)73)53-13(2)63)91-42-28(70)18(7-58)83-50(37(42)79)88-39(16(66)5-56)26(68)15(65)4-55/h12,15-52,55-62,65-80H,4-11H2,1-3H3,(H,53,63)(H,54,64)/t12-,15-,16+,17+,18+,19+,20+,21+,22+,23+,24+,25+,26+,27-,28-,29-,30-,31+,32+,33+,34-,35-,36+,37+,38+,39+,40+,41+,42-,43-,44-,45+,46-,47-,48-,49+,50-,51-,52-/m0/s1. The second-order valence-corrected chi connectivity index (χ2v) is 23.6. The first-order valence-corrected chi connectivity index (χ1v) is 29.9. The van der Waals surface area contributed by atoms with Crippen LogP contribution in [0.2, 0.25) is 0 Å². The molecule has 42 nitrogen and oxygen atoms in total. The predicted molar refractivity (Wildman–Crippen MR) is 288 cm³/mol. The van der Waals surface area contributed by atoms with Gasteiger partial charge in [0, 0.05) is 13.8 Å².